The zero-order chi connectivity index (χ0) is 22.3. The van der Waals surface area contributed by atoms with Crippen LogP contribution in [0.25, 0.3) is 16.7 Å². The van der Waals surface area contributed by atoms with E-state index in [0.29, 0.717) is 16.7 Å². The van der Waals surface area contributed by atoms with Crippen LogP contribution < -0.4 is 5.56 Å². The van der Waals surface area contributed by atoms with Gasteiger partial charge in [0.15, 0.2) is 0 Å². The molecule has 0 spiro atoms. The molecule has 0 aliphatic rings. The first-order valence-corrected chi connectivity index (χ1v) is 10.9. The van der Waals surface area contributed by atoms with E-state index in [2.05, 4.69) is 30.6 Å². The predicted octanol–water partition coefficient (Wildman–Crippen LogP) is 5.28. The Kier molecular flexibility index (Phi) is 5.62. The average molecular weight is 478 g/mol. The highest BCUT2D eigenvalue weighted by Gasteiger charge is 2.15. The maximum absolute atomic E-state index is 13.2. The lowest BCUT2D eigenvalue weighted by Crippen LogP contribution is -2.23. The number of aromatic nitrogens is 4. The third-order valence-electron chi connectivity index (χ3n) is 5.26. The first-order chi connectivity index (χ1) is 14.8. The number of aryl methyl sites for hydroxylation is 2. The number of pyridine rings is 1. The normalized spacial score (nSPS) is 11.8. The zero-order valence-electron chi connectivity index (χ0n) is 18.2. The van der Waals surface area contributed by atoms with E-state index in [1.165, 1.54) is 4.68 Å². The Labute approximate surface area is 189 Å². The van der Waals surface area contributed by atoms with E-state index in [0.717, 1.165) is 32.8 Å². The number of rotatable bonds is 4. The van der Waals surface area contributed by atoms with Crippen molar-refractivity contribution in [3.8, 4) is 5.82 Å². The summed E-state index contributed by atoms with van der Waals surface area (Å²) in [5.41, 5.74) is 4.59. The minimum Gasteiger partial charge on any atom is -0.303 e. The highest BCUT2D eigenvalue weighted by Crippen LogP contribution is 2.20. The third kappa shape index (κ3) is 3.97. The standard InChI is InChI=1S/C24H24BrN5O/c1-14(2)23-28-21-8-7-19(25)11-20(21)24(31)30(23)27-13-18-10-16(4)29(17(18)5)22-9-6-15(3)12-26-22/h6-14H,1-5H3. The second-order valence-corrected chi connectivity index (χ2v) is 8.92. The first-order valence-electron chi connectivity index (χ1n) is 10.1. The Bertz CT molecular complexity index is 1360. The number of fused-ring (bicyclic) bond motifs is 1. The molecule has 3 heterocycles. The molecule has 1 aromatic carbocycles. The van der Waals surface area contributed by atoms with Gasteiger partial charge in [0.05, 0.1) is 17.1 Å². The molecule has 0 unspecified atom stereocenters. The molecular weight excluding hydrogens is 454 g/mol. The molecule has 0 radical (unpaired) electrons. The Balaban J connectivity index is 1.83. The highest BCUT2D eigenvalue weighted by atomic mass is 79.9. The Morgan fingerprint density at radius 1 is 1.10 bits per heavy atom. The minimum absolute atomic E-state index is 0.0436. The molecule has 0 aliphatic carbocycles. The van der Waals surface area contributed by atoms with Crippen molar-refractivity contribution in [1.82, 2.24) is 19.2 Å². The summed E-state index contributed by atoms with van der Waals surface area (Å²) in [5, 5.41) is 5.10. The number of benzene rings is 1. The van der Waals surface area contributed by atoms with Crippen molar-refractivity contribution in [2.24, 2.45) is 5.10 Å². The second kappa shape index (κ2) is 8.23. The van der Waals surface area contributed by atoms with Crippen molar-refractivity contribution in [3.63, 3.8) is 0 Å². The van der Waals surface area contributed by atoms with Crippen LogP contribution in [0.3, 0.4) is 0 Å². The molecule has 3 aromatic heterocycles. The summed E-state index contributed by atoms with van der Waals surface area (Å²) in [4.78, 5) is 22.5. The van der Waals surface area contributed by atoms with Crippen LogP contribution in [0.1, 0.15) is 48.1 Å². The van der Waals surface area contributed by atoms with Gasteiger partial charge in [0.1, 0.15) is 11.6 Å². The van der Waals surface area contributed by atoms with E-state index in [-0.39, 0.29) is 11.5 Å². The van der Waals surface area contributed by atoms with Gasteiger partial charge in [-0.05, 0) is 56.7 Å². The summed E-state index contributed by atoms with van der Waals surface area (Å²) in [6, 6.07) is 11.6. The molecule has 0 atom stereocenters. The summed E-state index contributed by atoms with van der Waals surface area (Å²) in [5.74, 6) is 1.53. The summed E-state index contributed by atoms with van der Waals surface area (Å²) in [7, 11) is 0. The van der Waals surface area contributed by atoms with Crippen molar-refractivity contribution >= 4 is 33.0 Å². The molecule has 4 aromatic rings. The maximum Gasteiger partial charge on any atom is 0.282 e. The number of nitrogens with zero attached hydrogens (tertiary/aromatic N) is 5. The molecule has 0 aliphatic heterocycles. The van der Waals surface area contributed by atoms with Gasteiger partial charge in [0.2, 0.25) is 0 Å². The fourth-order valence-corrected chi connectivity index (χ4v) is 4.00. The van der Waals surface area contributed by atoms with Gasteiger partial charge >= 0.3 is 0 Å². The Hall–Kier alpha value is -3.06. The lowest BCUT2D eigenvalue weighted by molar-refractivity contribution is 0.665. The largest absolute Gasteiger partial charge is 0.303 e. The van der Waals surface area contributed by atoms with Crippen LogP contribution in [0.4, 0.5) is 0 Å². The fourth-order valence-electron chi connectivity index (χ4n) is 3.63. The van der Waals surface area contributed by atoms with Crippen molar-refractivity contribution in [3.05, 3.63) is 85.8 Å². The molecule has 0 saturated carbocycles. The maximum atomic E-state index is 13.2. The van der Waals surface area contributed by atoms with E-state index in [9.17, 15) is 4.79 Å². The van der Waals surface area contributed by atoms with Gasteiger partial charge in [-0.2, -0.15) is 9.78 Å². The molecule has 0 bridgehead atoms. The molecule has 0 amide bonds. The molecule has 158 valence electrons. The summed E-state index contributed by atoms with van der Waals surface area (Å²) >= 11 is 3.44. The predicted molar refractivity (Wildman–Crippen MR) is 129 cm³/mol. The van der Waals surface area contributed by atoms with Gasteiger partial charge < -0.3 is 4.57 Å². The zero-order valence-corrected chi connectivity index (χ0v) is 19.8. The monoisotopic (exact) mass is 477 g/mol. The Morgan fingerprint density at radius 3 is 2.55 bits per heavy atom. The van der Waals surface area contributed by atoms with E-state index in [1.807, 2.05) is 71.1 Å². The molecule has 0 N–H and O–H groups in total. The number of hydrogen-bond donors (Lipinski definition) is 0. The summed E-state index contributed by atoms with van der Waals surface area (Å²) in [6.07, 6.45) is 3.58. The van der Waals surface area contributed by atoms with Gasteiger partial charge in [-0.15, -0.1) is 0 Å². The minimum atomic E-state index is -0.180. The van der Waals surface area contributed by atoms with Gasteiger partial charge in [-0.1, -0.05) is 35.8 Å². The van der Waals surface area contributed by atoms with Crippen LogP contribution in [0, 0.1) is 20.8 Å². The number of halogens is 1. The van der Waals surface area contributed by atoms with Crippen molar-refractivity contribution < 1.29 is 0 Å². The van der Waals surface area contributed by atoms with Crippen LogP contribution in [0.2, 0.25) is 0 Å². The lowest BCUT2D eigenvalue weighted by Gasteiger charge is -2.12. The van der Waals surface area contributed by atoms with Crippen LogP contribution in [0.15, 0.2) is 57.0 Å². The van der Waals surface area contributed by atoms with E-state index >= 15 is 0 Å². The molecule has 0 saturated heterocycles. The van der Waals surface area contributed by atoms with Gasteiger partial charge in [-0.25, -0.2) is 9.97 Å². The first kappa shape index (κ1) is 21.2. The fraction of sp³-hybridized carbons (Fsp3) is 0.250. The SMILES string of the molecule is Cc1ccc(-n2c(C)cc(C=Nn3c(C(C)C)nc4ccc(Br)cc4c3=O)c2C)nc1. The highest BCUT2D eigenvalue weighted by molar-refractivity contribution is 9.10. The molecule has 4 rings (SSSR count). The van der Waals surface area contributed by atoms with Crippen LogP contribution in [-0.2, 0) is 0 Å². The van der Waals surface area contributed by atoms with Crippen LogP contribution in [-0.4, -0.2) is 25.4 Å². The smallest absolute Gasteiger partial charge is 0.282 e. The Morgan fingerprint density at radius 2 is 1.87 bits per heavy atom. The molecule has 0 fully saturated rings. The van der Waals surface area contributed by atoms with E-state index in [4.69, 9.17) is 4.98 Å². The molecular formula is C24H24BrN5O. The lowest BCUT2D eigenvalue weighted by atomic mass is 10.2. The number of hydrogen-bond acceptors (Lipinski definition) is 4. The topological polar surface area (TPSA) is 65.1 Å². The summed E-state index contributed by atoms with van der Waals surface area (Å²) in [6.45, 7) is 10.1. The van der Waals surface area contributed by atoms with Crippen LogP contribution >= 0.6 is 15.9 Å². The summed E-state index contributed by atoms with van der Waals surface area (Å²) < 4.78 is 4.33. The second-order valence-electron chi connectivity index (χ2n) is 8.00. The molecule has 6 nitrogen and oxygen atoms in total. The van der Waals surface area contributed by atoms with Crippen molar-refractivity contribution in [2.75, 3.05) is 0 Å². The average Bonchev–Trinajstić information content (AvgIpc) is 3.01. The third-order valence-corrected chi connectivity index (χ3v) is 5.75. The molecule has 7 heteroatoms. The van der Waals surface area contributed by atoms with Crippen molar-refractivity contribution in [2.45, 2.75) is 40.5 Å². The quantitative estimate of drug-likeness (QED) is 0.375. The van der Waals surface area contributed by atoms with E-state index in [1.54, 1.807) is 12.3 Å². The van der Waals surface area contributed by atoms with Gasteiger partial charge in [-0.3, -0.25) is 4.79 Å². The van der Waals surface area contributed by atoms with Gasteiger partial charge in [0, 0.05) is 33.5 Å². The van der Waals surface area contributed by atoms with Crippen molar-refractivity contribution in [1.29, 1.82) is 0 Å². The van der Waals surface area contributed by atoms with Gasteiger partial charge in [0.25, 0.3) is 5.56 Å². The van der Waals surface area contributed by atoms with E-state index < -0.39 is 0 Å². The molecule has 31 heavy (non-hydrogen) atoms. The van der Waals surface area contributed by atoms with Crippen LogP contribution in [0.5, 0.6) is 0 Å².